The van der Waals surface area contributed by atoms with Gasteiger partial charge in [-0.15, -0.1) is 0 Å². The van der Waals surface area contributed by atoms with Crippen LogP contribution in [0, 0.1) is 0 Å². The quantitative estimate of drug-likeness (QED) is 0.609. The highest BCUT2D eigenvalue weighted by Crippen LogP contribution is 2.12. The second kappa shape index (κ2) is 4.91. The van der Waals surface area contributed by atoms with Gasteiger partial charge in [-0.05, 0) is 19.3 Å². The zero-order valence-electron chi connectivity index (χ0n) is 7.92. The van der Waals surface area contributed by atoms with Gasteiger partial charge in [0.15, 0.2) is 0 Å². The minimum atomic E-state index is 0.314. The van der Waals surface area contributed by atoms with Crippen LogP contribution in [0.1, 0.15) is 19.3 Å². The fourth-order valence-electron chi connectivity index (χ4n) is 1.57. The van der Waals surface area contributed by atoms with Gasteiger partial charge in [0.05, 0.1) is 18.8 Å². The molecule has 2 fully saturated rings. The lowest BCUT2D eigenvalue weighted by Crippen LogP contribution is -2.55. The molecule has 0 aromatic carbocycles. The Bertz CT molecular complexity index is 145. The fourth-order valence-corrected chi connectivity index (χ4v) is 1.57. The van der Waals surface area contributed by atoms with Crippen molar-refractivity contribution >= 4 is 0 Å². The molecule has 2 N–H and O–H groups in total. The maximum Gasteiger partial charge on any atom is 0.0944 e. The smallest absolute Gasteiger partial charge is 0.0944 e. The van der Waals surface area contributed by atoms with Crippen molar-refractivity contribution in [2.75, 3.05) is 26.3 Å². The van der Waals surface area contributed by atoms with Crippen molar-refractivity contribution in [1.82, 2.24) is 10.8 Å². The van der Waals surface area contributed by atoms with E-state index in [-0.39, 0.29) is 0 Å². The predicted octanol–water partition coefficient (Wildman–Crippen LogP) is 0.0485. The highest BCUT2D eigenvalue weighted by Gasteiger charge is 2.18. The molecule has 1 atom stereocenters. The summed E-state index contributed by atoms with van der Waals surface area (Å²) in [6.07, 6.45) is 3.94. The van der Waals surface area contributed by atoms with Crippen molar-refractivity contribution in [2.24, 2.45) is 0 Å². The summed E-state index contributed by atoms with van der Waals surface area (Å²) >= 11 is 0. The molecule has 2 aliphatic rings. The molecule has 4 heteroatoms. The van der Waals surface area contributed by atoms with Gasteiger partial charge >= 0.3 is 0 Å². The van der Waals surface area contributed by atoms with E-state index in [1.54, 1.807) is 0 Å². The molecule has 2 heterocycles. The van der Waals surface area contributed by atoms with Gasteiger partial charge in [0, 0.05) is 19.7 Å². The minimum Gasteiger partial charge on any atom is -0.376 e. The molecule has 0 unspecified atom stereocenters. The molecule has 0 radical (unpaired) electrons. The van der Waals surface area contributed by atoms with Crippen molar-refractivity contribution in [2.45, 2.75) is 31.4 Å². The first-order valence-corrected chi connectivity index (χ1v) is 5.15. The minimum absolute atomic E-state index is 0.314. The lowest BCUT2D eigenvalue weighted by atomic mass is 10.1. The van der Waals surface area contributed by atoms with Gasteiger partial charge < -0.3 is 10.1 Å². The molecule has 0 amide bonds. The Morgan fingerprint density at radius 3 is 2.92 bits per heavy atom. The van der Waals surface area contributed by atoms with E-state index < -0.39 is 0 Å². The van der Waals surface area contributed by atoms with Crippen LogP contribution in [0.5, 0.6) is 0 Å². The molecule has 0 spiro atoms. The van der Waals surface area contributed by atoms with E-state index in [1.807, 2.05) is 0 Å². The van der Waals surface area contributed by atoms with Crippen LogP contribution < -0.4 is 10.8 Å². The van der Waals surface area contributed by atoms with Gasteiger partial charge in [-0.2, -0.15) is 5.48 Å². The van der Waals surface area contributed by atoms with Crippen LogP contribution in [-0.4, -0.2) is 38.4 Å². The lowest BCUT2D eigenvalue weighted by Gasteiger charge is -2.29. The number of hydrogen-bond donors (Lipinski definition) is 2. The van der Waals surface area contributed by atoms with Gasteiger partial charge in [0.1, 0.15) is 0 Å². The highest BCUT2D eigenvalue weighted by atomic mass is 16.7. The lowest BCUT2D eigenvalue weighted by molar-refractivity contribution is -0.0818. The second-order valence-corrected chi connectivity index (χ2v) is 3.77. The average molecular weight is 186 g/mol. The molecule has 2 saturated heterocycles. The van der Waals surface area contributed by atoms with Crippen molar-refractivity contribution < 1.29 is 9.57 Å². The predicted molar refractivity (Wildman–Crippen MR) is 49.3 cm³/mol. The third kappa shape index (κ3) is 2.91. The third-order valence-electron chi connectivity index (χ3n) is 2.57. The van der Waals surface area contributed by atoms with Gasteiger partial charge in [-0.25, -0.2) is 0 Å². The summed E-state index contributed by atoms with van der Waals surface area (Å²) < 4.78 is 5.53. The van der Waals surface area contributed by atoms with Crippen LogP contribution >= 0.6 is 0 Å². The number of hydrogen-bond acceptors (Lipinski definition) is 4. The molecule has 0 saturated carbocycles. The zero-order valence-corrected chi connectivity index (χ0v) is 7.92. The van der Waals surface area contributed by atoms with Crippen LogP contribution in [0.3, 0.4) is 0 Å². The molecular weight excluding hydrogens is 168 g/mol. The Balaban J connectivity index is 1.50. The van der Waals surface area contributed by atoms with Gasteiger partial charge in [0.2, 0.25) is 0 Å². The largest absolute Gasteiger partial charge is 0.376 e. The maximum absolute atomic E-state index is 5.53. The first kappa shape index (κ1) is 9.40. The summed E-state index contributed by atoms with van der Waals surface area (Å²) in [5.74, 6) is 0. The van der Waals surface area contributed by atoms with Gasteiger partial charge in [-0.3, -0.25) is 4.84 Å². The molecular formula is C9H18N2O2. The molecule has 13 heavy (non-hydrogen) atoms. The Morgan fingerprint density at radius 1 is 1.38 bits per heavy atom. The SMILES string of the molecule is C1CC[C@@H](CONC2CNC2)OC1. The summed E-state index contributed by atoms with van der Waals surface area (Å²) in [5.41, 5.74) is 3.02. The molecule has 0 bridgehead atoms. The number of ether oxygens (including phenoxy) is 1. The van der Waals surface area contributed by atoms with E-state index in [1.165, 1.54) is 12.8 Å². The van der Waals surface area contributed by atoms with Crippen LogP contribution in [0.4, 0.5) is 0 Å². The van der Waals surface area contributed by atoms with E-state index in [4.69, 9.17) is 9.57 Å². The molecule has 0 aromatic rings. The van der Waals surface area contributed by atoms with Crippen LogP contribution in [0.2, 0.25) is 0 Å². The van der Waals surface area contributed by atoms with Crippen molar-refractivity contribution in [1.29, 1.82) is 0 Å². The van der Waals surface area contributed by atoms with E-state index in [0.29, 0.717) is 18.8 Å². The fraction of sp³-hybridized carbons (Fsp3) is 1.00. The monoisotopic (exact) mass is 186 g/mol. The topological polar surface area (TPSA) is 42.5 Å². The second-order valence-electron chi connectivity index (χ2n) is 3.77. The van der Waals surface area contributed by atoms with Crippen LogP contribution in [0.15, 0.2) is 0 Å². The molecule has 4 nitrogen and oxygen atoms in total. The normalized spacial score (nSPS) is 30.0. The Morgan fingerprint density at radius 2 is 2.31 bits per heavy atom. The number of nitrogens with one attached hydrogen (secondary N) is 2. The maximum atomic E-state index is 5.53. The third-order valence-corrected chi connectivity index (χ3v) is 2.57. The van der Waals surface area contributed by atoms with Crippen LogP contribution in [-0.2, 0) is 9.57 Å². The Labute approximate surface area is 78.9 Å². The highest BCUT2D eigenvalue weighted by molar-refractivity contribution is 4.78. The Kier molecular flexibility index (Phi) is 3.55. The summed E-state index contributed by atoms with van der Waals surface area (Å²) in [6, 6.07) is 0.503. The van der Waals surface area contributed by atoms with Crippen molar-refractivity contribution in [3.8, 4) is 0 Å². The van der Waals surface area contributed by atoms with Gasteiger partial charge in [-0.1, -0.05) is 0 Å². The Hall–Kier alpha value is -0.160. The molecule has 2 aliphatic heterocycles. The van der Waals surface area contributed by atoms with Crippen molar-refractivity contribution in [3.05, 3.63) is 0 Å². The average Bonchev–Trinajstić information content (AvgIpc) is 2.11. The number of hydroxylamine groups is 1. The summed E-state index contributed by atoms with van der Waals surface area (Å²) in [6.45, 7) is 3.63. The van der Waals surface area contributed by atoms with E-state index in [2.05, 4.69) is 10.8 Å². The standard InChI is InChI=1S/C9H18N2O2/c1-2-4-12-9(3-1)7-13-11-8-5-10-6-8/h8-11H,1-7H2/t9-/m0/s1. The van der Waals surface area contributed by atoms with E-state index >= 15 is 0 Å². The van der Waals surface area contributed by atoms with E-state index in [9.17, 15) is 0 Å². The number of rotatable bonds is 4. The summed E-state index contributed by atoms with van der Waals surface area (Å²) in [4.78, 5) is 5.36. The molecule has 0 aliphatic carbocycles. The molecule has 76 valence electrons. The van der Waals surface area contributed by atoms with Gasteiger partial charge in [0.25, 0.3) is 0 Å². The summed E-state index contributed by atoms with van der Waals surface area (Å²) in [7, 11) is 0. The van der Waals surface area contributed by atoms with Crippen LogP contribution in [0.25, 0.3) is 0 Å². The summed E-state index contributed by atoms with van der Waals surface area (Å²) in [5, 5.41) is 3.18. The molecule has 2 rings (SSSR count). The first-order valence-electron chi connectivity index (χ1n) is 5.15. The van der Waals surface area contributed by atoms with Crippen molar-refractivity contribution in [3.63, 3.8) is 0 Å². The zero-order chi connectivity index (χ0) is 8.93. The van der Waals surface area contributed by atoms with E-state index in [0.717, 1.165) is 26.1 Å². The molecule has 0 aromatic heterocycles. The first-order chi connectivity index (χ1) is 6.45.